The van der Waals surface area contributed by atoms with E-state index in [9.17, 15) is 14.7 Å². The Morgan fingerprint density at radius 3 is 2.21 bits per heavy atom. The maximum atomic E-state index is 11.9. The molecule has 0 amide bonds. The van der Waals surface area contributed by atoms with Crippen molar-refractivity contribution in [3.8, 4) is 5.75 Å². The lowest BCUT2D eigenvalue weighted by molar-refractivity contribution is -0.157. The van der Waals surface area contributed by atoms with Crippen LogP contribution in [0.2, 0.25) is 0 Å². The van der Waals surface area contributed by atoms with E-state index in [2.05, 4.69) is 0 Å². The average Bonchev–Trinajstić information content (AvgIpc) is 2.65. The Kier molecular flexibility index (Phi) is 7.58. The normalized spacial score (nSPS) is 12.1. The highest BCUT2D eigenvalue weighted by atomic mass is 16.6. The summed E-state index contributed by atoms with van der Waals surface area (Å²) in [6, 6.07) is 16.0. The molecule has 0 saturated carbocycles. The number of carbonyl (C=O) groups is 2. The second-order valence-electron chi connectivity index (χ2n) is 7.33. The molecule has 0 fully saturated rings. The summed E-state index contributed by atoms with van der Waals surface area (Å²) < 4.78 is 15.7. The van der Waals surface area contributed by atoms with Crippen molar-refractivity contribution in [2.45, 2.75) is 45.5 Å². The van der Waals surface area contributed by atoms with Crippen molar-refractivity contribution in [1.29, 1.82) is 0 Å². The van der Waals surface area contributed by atoms with Gasteiger partial charge >= 0.3 is 11.9 Å². The van der Waals surface area contributed by atoms with E-state index in [0.717, 1.165) is 11.1 Å². The first-order chi connectivity index (χ1) is 13.2. The molecule has 0 aliphatic heterocycles. The molecule has 0 spiro atoms. The highest BCUT2D eigenvalue weighted by molar-refractivity contribution is 5.74. The minimum atomic E-state index is -1.25. The van der Waals surface area contributed by atoms with Gasteiger partial charge < -0.3 is 19.3 Å². The number of esters is 2. The van der Waals surface area contributed by atoms with Crippen LogP contribution in [-0.2, 0) is 32.1 Å². The topological polar surface area (TPSA) is 82.1 Å². The second-order valence-corrected chi connectivity index (χ2v) is 7.33. The lowest BCUT2D eigenvalue weighted by atomic mass is 10.1. The van der Waals surface area contributed by atoms with E-state index in [-0.39, 0.29) is 19.6 Å². The lowest BCUT2D eigenvalue weighted by Crippen LogP contribution is -2.27. The first kappa shape index (κ1) is 21.4. The summed E-state index contributed by atoms with van der Waals surface area (Å²) >= 11 is 0. The molecule has 0 aliphatic rings. The van der Waals surface area contributed by atoms with Crippen molar-refractivity contribution in [2.75, 3.05) is 6.61 Å². The molecule has 0 unspecified atom stereocenters. The zero-order valence-corrected chi connectivity index (χ0v) is 16.4. The van der Waals surface area contributed by atoms with Gasteiger partial charge in [0.1, 0.15) is 18.0 Å². The van der Waals surface area contributed by atoms with Crippen molar-refractivity contribution >= 4 is 11.9 Å². The quantitative estimate of drug-likeness (QED) is 0.702. The Bertz CT molecular complexity index is 762. The number of carbonyl (C=O) groups excluding carboxylic acids is 2. The van der Waals surface area contributed by atoms with Gasteiger partial charge in [0.25, 0.3) is 0 Å². The third-order valence-electron chi connectivity index (χ3n) is 3.63. The summed E-state index contributed by atoms with van der Waals surface area (Å²) in [6.45, 7) is 5.29. The number of rotatable bonds is 8. The standard InChI is InChI=1S/C22H26O6/c1-22(2,3)28-20(24)15-26-18-11-9-16(10-12-18)13-19(23)21(25)27-14-17-7-5-4-6-8-17/h4-12,19,23H,13-15H2,1-3H3/t19-/m1/s1. The predicted octanol–water partition coefficient (Wildman–Crippen LogP) is 3.05. The molecule has 1 N–H and O–H groups in total. The van der Waals surface area contributed by atoms with Crippen molar-refractivity contribution in [2.24, 2.45) is 0 Å². The van der Waals surface area contributed by atoms with Crippen LogP contribution >= 0.6 is 0 Å². The lowest BCUT2D eigenvalue weighted by Gasteiger charge is -2.19. The van der Waals surface area contributed by atoms with Crippen molar-refractivity contribution < 1.29 is 28.9 Å². The predicted molar refractivity (Wildman–Crippen MR) is 104 cm³/mol. The SMILES string of the molecule is CC(C)(C)OC(=O)COc1ccc(C[C@@H](O)C(=O)OCc2ccccc2)cc1. The zero-order chi connectivity index (χ0) is 20.6. The molecule has 0 heterocycles. The molecular formula is C22H26O6. The smallest absolute Gasteiger partial charge is 0.344 e. The Morgan fingerprint density at radius 1 is 0.964 bits per heavy atom. The number of benzene rings is 2. The number of hydrogen-bond acceptors (Lipinski definition) is 6. The summed E-state index contributed by atoms with van der Waals surface area (Å²) in [7, 11) is 0. The molecule has 2 aromatic carbocycles. The van der Waals surface area contributed by atoms with Crippen LogP contribution in [0.25, 0.3) is 0 Å². The van der Waals surface area contributed by atoms with E-state index in [1.807, 2.05) is 30.3 Å². The second kappa shape index (κ2) is 9.90. The van der Waals surface area contributed by atoms with Gasteiger partial charge in [-0.2, -0.15) is 0 Å². The molecule has 150 valence electrons. The third kappa shape index (κ3) is 7.80. The zero-order valence-electron chi connectivity index (χ0n) is 16.4. The minimum absolute atomic E-state index is 0.119. The molecular weight excluding hydrogens is 360 g/mol. The Labute approximate surface area is 165 Å². The van der Waals surface area contributed by atoms with Crippen LogP contribution in [0.1, 0.15) is 31.9 Å². The summed E-state index contributed by atoms with van der Waals surface area (Å²) in [6.07, 6.45) is -1.13. The highest BCUT2D eigenvalue weighted by Crippen LogP contribution is 2.15. The van der Waals surface area contributed by atoms with Gasteiger partial charge in [0, 0.05) is 6.42 Å². The molecule has 28 heavy (non-hydrogen) atoms. The van der Waals surface area contributed by atoms with Gasteiger partial charge in [-0.05, 0) is 44.0 Å². The fourth-order valence-corrected chi connectivity index (χ4v) is 2.37. The Morgan fingerprint density at radius 2 is 1.61 bits per heavy atom. The first-order valence-corrected chi connectivity index (χ1v) is 9.05. The minimum Gasteiger partial charge on any atom is -0.482 e. The van der Waals surface area contributed by atoms with Crippen LogP contribution in [0.15, 0.2) is 54.6 Å². The van der Waals surface area contributed by atoms with Crippen molar-refractivity contribution in [3.63, 3.8) is 0 Å². The van der Waals surface area contributed by atoms with Crippen LogP contribution in [0.4, 0.5) is 0 Å². The van der Waals surface area contributed by atoms with Crippen LogP contribution in [0.3, 0.4) is 0 Å². The van der Waals surface area contributed by atoms with Crippen LogP contribution in [-0.4, -0.2) is 35.4 Å². The van der Waals surface area contributed by atoms with E-state index in [1.54, 1.807) is 45.0 Å². The van der Waals surface area contributed by atoms with E-state index >= 15 is 0 Å². The number of aliphatic hydroxyl groups excluding tert-OH is 1. The van der Waals surface area contributed by atoms with E-state index in [0.29, 0.717) is 5.75 Å². The molecule has 6 heteroatoms. The first-order valence-electron chi connectivity index (χ1n) is 9.05. The summed E-state index contributed by atoms with van der Waals surface area (Å²) in [4.78, 5) is 23.6. The van der Waals surface area contributed by atoms with Crippen LogP contribution in [0.5, 0.6) is 5.75 Å². The summed E-state index contributed by atoms with van der Waals surface area (Å²) in [5.41, 5.74) is 1.04. The number of hydrogen-bond donors (Lipinski definition) is 1. The fourth-order valence-electron chi connectivity index (χ4n) is 2.37. The van der Waals surface area contributed by atoms with Crippen LogP contribution < -0.4 is 4.74 Å². The van der Waals surface area contributed by atoms with Gasteiger partial charge in [-0.1, -0.05) is 42.5 Å². The largest absolute Gasteiger partial charge is 0.482 e. The average molecular weight is 386 g/mol. The Balaban J connectivity index is 1.77. The Hall–Kier alpha value is -2.86. The van der Waals surface area contributed by atoms with Gasteiger partial charge in [-0.15, -0.1) is 0 Å². The number of aliphatic hydroxyl groups is 1. The summed E-state index contributed by atoms with van der Waals surface area (Å²) in [5.74, 6) is -0.627. The fraction of sp³-hybridized carbons (Fsp3) is 0.364. The van der Waals surface area contributed by atoms with Gasteiger partial charge in [0.05, 0.1) is 0 Å². The van der Waals surface area contributed by atoms with Crippen molar-refractivity contribution in [1.82, 2.24) is 0 Å². The molecule has 0 aromatic heterocycles. The monoisotopic (exact) mass is 386 g/mol. The molecule has 0 saturated heterocycles. The van der Waals surface area contributed by atoms with E-state index in [1.165, 1.54) is 0 Å². The molecule has 2 rings (SSSR count). The molecule has 2 aromatic rings. The highest BCUT2D eigenvalue weighted by Gasteiger charge is 2.18. The van der Waals surface area contributed by atoms with Gasteiger partial charge in [0.15, 0.2) is 12.7 Å². The third-order valence-corrected chi connectivity index (χ3v) is 3.63. The number of ether oxygens (including phenoxy) is 3. The van der Waals surface area contributed by atoms with Gasteiger partial charge in [-0.25, -0.2) is 9.59 Å². The van der Waals surface area contributed by atoms with Crippen molar-refractivity contribution in [3.05, 3.63) is 65.7 Å². The van der Waals surface area contributed by atoms with Gasteiger partial charge in [-0.3, -0.25) is 0 Å². The molecule has 0 bridgehead atoms. The molecule has 0 radical (unpaired) electrons. The maximum Gasteiger partial charge on any atom is 0.344 e. The van der Waals surface area contributed by atoms with E-state index in [4.69, 9.17) is 14.2 Å². The van der Waals surface area contributed by atoms with E-state index < -0.39 is 23.6 Å². The molecule has 0 aliphatic carbocycles. The summed E-state index contributed by atoms with van der Waals surface area (Å²) in [5, 5.41) is 10.0. The molecule has 1 atom stereocenters. The van der Waals surface area contributed by atoms with Gasteiger partial charge in [0.2, 0.25) is 0 Å². The maximum absolute atomic E-state index is 11.9. The molecule has 6 nitrogen and oxygen atoms in total. The van der Waals surface area contributed by atoms with Crippen LogP contribution in [0, 0.1) is 0 Å².